The highest BCUT2D eigenvalue weighted by Crippen LogP contribution is 2.34. The molecule has 0 aromatic heterocycles. The van der Waals surface area contributed by atoms with E-state index in [1.165, 1.54) is 4.90 Å². The van der Waals surface area contributed by atoms with Crippen LogP contribution in [0.1, 0.15) is 22.3 Å². The zero-order chi connectivity index (χ0) is 18.7. The highest BCUT2D eigenvalue weighted by molar-refractivity contribution is 8.18. The average Bonchev–Trinajstić information content (AvgIpc) is 2.91. The van der Waals surface area contributed by atoms with Gasteiger partial charge in [0.1, 0.15) is 5.75 Å². The van der Waals surface area contributed by atoms with Crippen molar-refractivity contribution in [1.29, 1.82) is 5.26 Å². The van der Waals surface area contributed by atoms with Gasteiger partial charge in [-0.15, -0.1) is 0 Å². The van der Waals surface area contributed by atoms with Gasteiger partial charge in [-0.05, 0) is 59.7 Å². The molecule has 0 spiro atoms. The first-order valence-electron chi connectivity index (χ1n) is 7.91. The van der Waals surface area contributed by atoms with Crippen molar-refractivity contribution in [3.05, 3.63) is 69.6 Å². The monoisotopic (exact) mass is 364 g/mol. The average molecular weight is 364 g/mol. The predicted octanol–water partition coefficient (Wildman–Crippen LogP) is 4.11. The number of amides is 2. The molecule has 0 saturated carbocycles. The largest absolute Gasteiger partial charge is 0.497 e. The van der Waals surface area contributed by atoms with Gasteiger partial charge in [0.05, 0.1) is 30.2 Å². The van der Waals surface area contributed by atoms with E-state index in [0.29, 0.717) is 16.0 Å². The fourth-order valence-electron chi connectivity index (χ4n) is 2.65. The van der Waals surface area contributed by atoms with Gasteiger partial charge >= 0.3 is 0 Å². The molecular weight excluding hydrogens is 348 g/mol. The van der Waals surface area contributed by atoms with E-state index >= 15 is 0 Å². The second-order valence-electron chi connectivity index (χ2n) is 5.76. The quantitative estimate of drug-likeness (QED) is 0.764. The van der Waals surface area contributed by atoms with Crippen LogP contribution in [0.15, 0.2) is 47.4 Å². The first-order valence-corrected chi connectivity index (χ1v) is 8.73. The van der Waals surface area contributed by atoms with Crippen molar-refractivity contribution in [3.63, 3.8) is 0 Å². The van der Waals surface area contributed by atoms with Crippen molar-refractivity contribution < 1.29 is 14.3 Å². The Kier molecular flexibility index (Phi) is 5.10. The van der Waals surface area contributed by atoms with Crippen molar-refractivity contribution in [2.45, 2.75) is 13.5 Å². The summed E-state index contributed by atoms with van der Waals surface area (Å²) in [5.41, 5.74) is 2.92. The Morgan fingerprint density at radius 3 is 2.69 bits per heavy atom. The number of carbonyl (C=O) groups is 2. The van der Waals surface area contributed by atoms with E-state index in [0.717, 1.165) is 28.6 Å². The summed E-state index contributed by atoms with van der Waals surface area (Å²) in [6.07, 6.45) is 1.72. The van der Waals surface area contributed by atoms with E-state index in [1.54, 1.807) is 37.5 Å². The molecule has 1 fully saturated rings. The molecule has 2 amide bonds. The summed E-state index contributed by atoms with van der Waals surface area (Å²) in [6, 6.07) is 14.6. The minimum Gasteiger partial charge on any atom is -0.497 e. The zero-order valence-corrected chi connectivity index (χ0v) is 15.2. The summed E-state index contributed by atoms with van der Waals surface area (Å²) >= 11 is 0.912. The number of hydrogen-bond acceptors (Lipinski definition) is 5. The fraction of sp³-hybridized carbons (Fsp3) is 0.150. The van der Waals surface area contributed by atoms with E-state index in [2.05, 4.69) is 6.07 Å². The minimum absolute atomic E-state index is 0.0906. The maximum atomic E-state index is 12.7. The van der Waals surface area contributed by atoms with Crippen LogP contribution < -0.4 is 4.74 Å². The number of hydrogen-bond donors (Lipinski definition) is 0. The molecule has 0 radical (unpaired) electrons. The molecule has 0 atom stereocenters. The molecule has 1 aliphatic rings. The molecule has 2 aromatic carbocycles. The second-order valence-corrected chi connectivity index (χ2v) is 6.75. The molecule has 0 bridgehead atoms. The topological polar surface area (TPSA) is 70.4 Å². The summed E-state index contributed by atoms with van der Waals surface area (Å²) in [7, 11) is 1.60. The Labute approximate surface area is 155 Å². The zero-order valence-electron chi connectivity index (χ0n) is 14.4. The van der Waals surface area contributed by atoms with Gasteiger partial charge in [0.2, 0.25) is 0 Å². The SMILES string of the molecule is COc1ccc(/C=C2/SC(=O)N(Cc3ccccc3C#N)C2=O)c(C)c1. The maximum Gasteiger partial charge on any atom is 0.293 e. The van der Waals surface area contributed by atoms with Gasteiger partial charge in [0.15, 0.2) is 0 Å². The van der Waals surface area contributed by atoms with Crippen LogP contribution in [-0.2, 0) is 11.3 Å². The van der Waals surface area contributed by atoms with Crippen LogP contribution in [-0.4, -0.2) is 23.2 Å². The van der Waals surface area contributed by atoms with Crippen LogP contribution in [0.2, 0.25) is 0 Å². The molecule has 5 nitrogen and oxygen atoms in total. The van der Waals surface area contributed by atoms with Crippen molar-refractivity contribution in [1.82, 2.24) is 4.90 Å². The number of benzene rings is 2. The van der Waals surface area contributed by atoms with E-state index < -0.39 is 0 Å². The van der Waals surface area contributed by atoms with E-state index in [1.807, 2.05) is 25.1 Å². The molecule has 1 aliphatic heterocycles. The molecule has 3 rings (SSSR count). The third kappa shape index (κ3) is 3.48. The van der Waals surface area contributed by atoms with Crippen LogP contribution in [0.4, 0.5) is 4.79 Å². The van der Waals surface area contributed by atoms with Crippen molar-refractivity contribution in [2.75, 3.05) is 7.11 Å². The molecule has 1 heterocycles. The van der Waals surface area contributed by atoms with Crippen LogP contribution in [0, 0.1) is 18.3 Å². The number of carbonyl (C=O) groups excluding carboxylic acids is 2. The number of thioether (sulfide) groups is 1. The van der Waals surface area contributed by atoms with Gasteiger partial charge in [0.25, 0.3) is 11.1 Å². The van der Waals surface area contributed by atoms with Crippen LogP contribution in [0.25, 0.3) is 6.08 Å². The Hall–Kier alpha value is -3.04. The molecule has 2 aromatic rings. The smallest absolute Gasteiger partial charge is 0.293 e. The molecule has 6 heteroatoms. The lowest BCUT2D eigenvalue weighted by molar-refractivity contribution is -0.123. The highest BCUT2D eigenvalue weighted by atomic mass is 32.2. The second kappa shape index (κ2) is 7.46. The molecule has 0 aliphatic carbocycles. The van der Waals surface area contributed by atoms with Gasteiger partial charge in [0, 0.05) is 0 Å². The number of imide groups is 1. The third-order valence-electron chi connectivity index (χ3n) is 4.10. The number of aryl methyl sites for hydroxylation is 1. The minimum atomic E-state index is -0.344. The summed E-state index contributed by atoms with van der Waals surface area (Å²) in [5, 5.41) is 8.85. The third-order valence-corrected chi connectivity index (χ3v) is 5.01. The summed E-state index contributed by atoms with van der Waals surface area (Å²) in [4.78, 5) is 26.5. The first-order chi connectivity index (χ1) is 12.5. The molecule has 0 unspecified atom stereocenters. The lowest BCUT2D eigenvalue weighted by Gasteiger charge is -2.13. The van der Waals surface area contributed by atoms with Crippen molar-refractivity contribution in [3.8, 4) is 11.8 Å². The van der Waals surface area contributed by atoms with Gasteiger partial charge in [-0.3, -0.25) is 14.5 Å². The van der Waals surface area contributed by atoms with Gasteiger partial charge in [-0.25, -0.2) is 0 Å². The Morgan fingerprint density at radius 2 is 2.00 bits per heavy atom. The first kappa shape index (κ1) is 17.8. The number of ether oxygens (including phenoxy) is 1. The lowest BCUT2D eigenvalue weighted by Crippen LogP contribution is -2.27. The van der Waals surface area contributed by atoms with Crippen LogP contribution in [0.3, 0.4) is 0 Å². The van der Waals surface area contributed by atoms with Gasteiger partial charge < -0.3 is 4.74 Å². The molecular formula is C20H16N2O3S. The molecule has 0 N–H and O–H groups in total. The Morgan fingerprint density at radius 1 is 1.23 bits per heavy atom. The predicted molar refractivity (Wildman–Crippen MR) is 100 cm³/mol. The van der Waals surface area contributed by atoms with Gasteiger partial charge in [-0.2, -0.15) is 5.26 Å². The van der Waals surface area contributed by atoms with E-state index in [9.17, 15) is 14.9 Å². The molecule has 130 valence electrons. The maximum absolute atomic E-state index is 12.7. The number of nitrogens with zero attached hydrogens (tertiary/aromatic N) is 2. The van der Waals surface area contributed by atoms with E-state index in [4.69, 9.17) is 4.74 Å². The lowest BCUT2D eigenvalue weighted by atomic mass is 10.1. The van der Waals surface area contributed by atoms with E-state index in [-0.39, 0.29) is 17.7 Å². The summed E-state index contributed by atoms with van der Waals surface area (Å²) in [5.74, 6) is 0.392. The normalized spacial score (nSPS) is 15.4. The van der Waals surface area contributed by atoms with Crippen LogP contribution in [0.5, 0.6) is 5.75 Å². The number of rotatable bonds is 4. The number of nitriles is 1. The van der Waals surface area contributed by atoms with Gasteiger partial charge in [-0.1, -0.05) is 24.3 Å². The van der Waals surface area contributed by atoms with Crippen LogP contribution >= 0.6 is 11.8 Å². The highest BCUT2D eigenvalue weighted by Gasteiger charge is 2.35. The standard InChI is InChI=1S/C20H16N2O3S/c1-13-9-17(25-2)8-7-14(13)10-18-19(23)22(20(24)26-18)12-16-6-4-3-5-15(16)11-21/h3-10H,12H2,1-2H3/b18-10+. The molecule has 1 saturated heterocycles. The molecule has 26 heavy (non-hydrogen) atoms. The van der Waals surface area contributed by atoms with Crippen molar-refractivity contribution in [2.24, 2.45) is 0 Å². The summed E-state index contributed by atoms with van der Waals surface area (Å²) < 4.78 is 5.18. The van der Waals surface area contributed by atoms with Crippen molar-refractivity contribution >= 4 is 29.0 Å². The Bertz CT molecular complexity index is 960. The summed E-state index contributed by atoms with van der Waals surface area (Å²) in [6.45, 7) is 2.01. The number of methoxy groups -OCH3 is 1. The Balaban J connectivity index is 1.86. The fourth-order valence-corrected chi connectivity index (χ4v) is 3.48.